The van der Waals surface area contributed by atoms with Crippen molar-refractivity contribution in [3.63, 3.8) is 0 Å². The Bertz CT molecular complexity index is 278. The Morgan fingerprint density at radius 2 is 1.88 bits per heavy atom. The van der Waals surface area contributed by atoms with Crippen LogP contribution >= 0.6 is 7.82 Å². The van der Waals surface area contributed by atoms with Crippen molar-refractivity contribution >= 4 is 13.8 Å². The molecule has 1 N–H and O–H groups in total. The van der Waals surface area contributed by atoms with Crippen LogP contribution in [0.15, 0.2) is 12.2 Å². The third-order valence-corrected chi connectivity index (χ3v) is 3.12. The van der Waals surface area contributed by atoms with E-state index in [2.05, 4.69) is 0 Å². The van der Waals surface area contributed by atoms with Gasteiger partial charge in [0.2, 0.25) is 0 Å². The molecule has 0 aromatic rings. The van der Waals surface area contributed by atoms with E-state index < -0.39 is 19.9 Å². The lowest BCUT2D eigenvalue weighted by molar-refractivity contribution is -0.131. The zero-order chi connectivity index (χ0) is 12.6. The summed E-state index contributed by atoms with van der Waals surface area (Å²) in [5, 5.41) is 8.39. The first-order valence-corrected chi connectivity index (χ1v) is 6.38. The standard InChI is InChI=1S/C9H17O6P/c1-4-13-16(12,14-5-2)15-8(3)6-7-9(10)11/h6-8H,4-5H2,1-3H3,(H,10,11). The second kappa shape index (κ2) is 7.57. The maximum atomic E-state index is 11.8. The van der Waals surface area contributed by atoms with Crippen LogP contribution in [0, 0.1) is 0 Å². The van der Waals surface area contributed by atoms with Gasteiger partial charge >= 0.3 is 13.8 Å². The van der Waals surface area contributed by atoms with Crippen molar-refractivity contribution in [2.75, 3.05) is 13.2 Å². The summed E-state index contributed by atoms with van der Waals surface area (Å²) in [6.45, 7) is 5.24. The van der Waals surface area contributed by atoms with Gasteiger partial charge in [0.25, 0.3) is 0 Å². The zero-order valence-electron chi connectivity index (χ0n) is 9.58. The molecule has 0 aliphatic carbocycles. The molecule has 16 heavy (non-hydrogen) atoms. The fourth-order valence-corrected chi connectivity index (χ4v) is 2.18. The smallest absolute Gasteiger partial charge is 0.475 e. The largest absolute Gasteiger partial charge is 0.478 e. The van der Waals surface area contributed by atoms with Crippen molar-refractivity contribution in [2.45, 2.75) is 26.9 Å². The molecule has 1 atom stereocenters. The highest BCUT2D eigenvalue weighted by Gasteiger charge is 2.27. The van der Waals surface area contributed by atoms with Gasteiger partial charge in [-0.1, -0.05) is 0 Å². The van der Waals surface area contributed by atoms with Gasteiger partial charge in [-0.25, -0.2) is 9.36 Å². The Kier molecular flexibility index (Phi) is 7.25. The lowest BCUT2D eigenvalue weighted by Gasteiger charge is -2.18. The Morgan fingerprint density at radius 3 is 2.25 bits per heavy atom. The van der Waals surface area contributed by atoms with E-state index in [1.54, 1.807) is 20.8 Å². The molecule has 0 aromatic heterocycles. The molecule has 0 saturated heterocycles. The van der Waals surface area contributed by atoms with Crippen molar-refractivity contribution in [3.05, 3.63) is 12.2 Å². The second-order valence-electron chi connectivity index (χ2n) is 2.79. The fourth-order valence-electron chi connectivity index (χ4n) is 0.871. The number of carboxylic acid groups (broad SMARTS) is 1. The van der Waals surface area contributed by atoms with Gasteiger partial charge in [0, 0.05) is 6.08 Å². The predicted molar refractivity (Wildman–Crippen MR) is 58.2 cm³/mol. The number of phosphoric acid groups is 1. The minimum atomic E-state index is -3.58. The van der Waals surface area contributed by atoms with E-state index in [1.807, 2.05) is 0 Å². The molecule has 0 bridgehead atoms. The number of carbonyl (C=O) groups is 1. The van der Waals surface area contributed by atoms with E-state index in [0.717, 1.165) is 6.08 Å². The summed E-state index contributed by atoms with van der Waals surface area (Å²) >= 11 is 0. The highest BCUT2D eigenvalue weighted by atomic mass is 31.2. The first-order chi connectivity index (χ1) is 7.43. The van der Waals surface area contributed by atoms with E-state index >= 15 is 0 Å². The summed E-state index contributed by atoms with van der Waals surface area (Å²) in [6, 6.07) is 0. The van der Waals surface area contributed by atoms with Crippen molar-refractivity contribution in [2.24, 2.45) is 0 Å². The minimum absolute atomic E-state index is 0.187. The molecule has 0 radical (unpaired) electrons. The van der Waals surface area contributed by atoms with Crippen LogP contribution in [0.1, 0.15) is 20.8 Å². The van der Waals surface area contributed by atoms with Crippen molar-refractivity contribution in [3.8, 4) is 0 Å². The van der Waals surface area contributed by atoms with E-state index in [4.69, 9.17) is 18.7 Å². The van der Waals surface area contributed by atoms with Gasteiger partial charge in [0.1, 0.15) is 0 Å². The number of hydrogen-bond acceptors (Lipinski definition) is 5. The van der Waals surface area contributed by atoms with Gasteiger partial charge in [0.05, 0.1) is 19.3 Å². The van der Waals surface area contributed by atoms with Crippen LogP contribution in [-0.4, -0.2) is 30.4 Å². The summed E-state index contributed by atoms with van der Waals surface area (Å²) in [7, 11) is -3.58. The SMILES string of the molecule is CCOP(=O)(OCC)OC(C)C=CC(=O)O. The molecule has 7 heteroatoms. The third kappa shape index (κ3) is 6.74. The molecular weight excluding hydrogens is 235 g/mol. The summed E-state index contributed by atoms with van der Waals surface area (Å²) in [4.78, 5) is 10.2. The molecule has 0 spiro atoms. The highest BCUT2D eigenvalue weighted by molar-refractivity contribution is 7.48. The molecule has 0 amide bonds. The Morgan fingerprint density at radius 1 is 1.38 bits per heavy atom. The molecule has 0 aliphatic rings. The molecule has 94 valence electrons. The quantitative estimate of drug-likeness (QED) is 0.526. The molecule has 0 aliphatic heterocycles. The molecule has 6 nitrogen and oxygen atoms in total. The van der Waals surface area contributed by atoms with Crippen molar-refractivity contribution in [1.29, 1.82) is 0 Å². The van der Waals surface area contributed by atoms with Crippen LogP contribution in [-0.2, 0) is 22.9 Å². The van der Waals surface area contributed by atoms with Crippen LogP contribution in [0.4, 0.5) is 0 Å². The zero-order valence-corrected chi connectivity index (χ0v) is 10.5. The maximum Gasteiger partial charge on any atom is 0.475 e. The van der Waals surface area contributed by atoms with Gasteiger partial charge < -0.3 is 5.11 Å². The van der Waals surface area contributed by atoms with Gasteiger partial charge in [-0.15, -0.1) is 0 Å². The molecular formula is C9H17O6P. The van der Waals surface area contributed by atoms with Gasteiger partial charge in [0.15, 0.2) is 0 Å². The van der Waals surface area contributed by atoms with E-state index in [-0.39, 0.29) is 13.2 Å². The van der Waals surface area contributed by atoms with E-state index in [1.165, 1.54) is 6.08 Å². The van der Waals surface area contributed by atoms with Crippen LogP contribution in [0.3, 0.4) is 0 Å². The van der Waals surface area contributed by atoms with Crippen molar-refractivity contribution in [1.82, 2.24) is 0 Å². The van der Waals surface area contributed by atoms with E-state index in [0.29, 0.717) is 0 Å². The molecule has 0 rings (SSSR count). The number of phosphoric ester groups is 1. The lowest BCUT2D eigenvalue weighted by atomic mass is 10.3. The monoisotopic (exact) mass is 252 g/mol. The first-order valence-electron chi connectivity index (χ1n) is 4.92. The Hall–Kier alpha value is -0.680. The van der Waals surface area contributed by atoms with E-state index in [9.17, 15) is 9.36 Å². The number of hydrogen-bond donors (Lipinski definition) is 1. The fraction of sp³-hybridized carbons (Fsp3) is 0.667. The summed E-state index contributed by atoms with van der Waals surface area (Å²) in [5.74, 6) is -1.10. The Balaban J connectivity index is 4.39. The second-order valence-corrected chi connectivity index (χ2v) is 4.41. The number of carboxylic acids is 1. The molecule has 0 aromatic carbocycles. The van der Waals surface area contributed by atoms with Gasteiger partial charge in [-0.3, -0.25) is 13.6 Å². The summed E-state index contributed by atoms with van der Waals surface area (Å²) in [6.07, 6.45) is 1.50. The van der Waals surface area contributed by atoms with Crippen LogP contribution in [0.2, 0.25) is 0 Å². The Labute approximate surface area is 94.8 Å². The predicted octanol–water partition coefficient (Wildman–Crippen LogP) is 2.21. The molecule has 0 fully saturated rings. The molecule has 0 heterocycles. The average Bonchev–Trinajstić information content (AvgIpc) is 2.15. The van der Waals surface area contributed by atoms with Crippen LogP contribution in [0.25, 0.3) is 0 Å². The first kappa shape index (κ1) is 15.3. The third-order valence-electron chi connectivity index (χ3n) is 1.38. The van der Waals surface area contributed by atoms with Crippen LogP contribution < -0.4 is 0 Å². The molecule has 0 saturated carbocycles. The van der Waals surface area contributed by atoms with Gasteiger partial charge in [-0.05, 0) is 26.8 Å². The minimum Gasteiger partial charge on any atom is -0.478 e. The number of rotatable bonds is 8. The highest BCUT2D eigenvalue weighted by Crippen LogP contribution is 2.50. The summed E-state index contributed by atoms with van der Waals surface area (Å²) < 4.78 is 26.6. The van der Waals surface area contributed by atoms with Crippen molar-refractivity contribution < 1.29 is 28.0 Å². The maximum absolute atomic E-state index is 11.8. The summed E-state index contributed by atoms with van der Waals surface area (Å²) in [5.41, 5.74) is 0. The molecule has 1 unspecified atom stereocenters. The normalized spacial score (nSPS) is 14.2. The topological polar surface area (TPSA) is 82.1 Å². The van der Waals surface area contributed by atoms with Gasteiger partial charge in [-0.2, -0.15) is 0 Å². The van der Waals surface area contributed by atoms with Crippen LogP contribution in [0.5, 0.6) is 0 Å². The lowest BCUT2D eigenvalue weighted by Crippen LogP contribution is -2.08. The average molecular weight is 252 g/mol. The number of aliphatic carboxylic acids is 1.